The summed E-state index contributed by atoms with van der Waals surface area (Å²) in [4.78, 5) is 13.7. The van der Waals surface area contributed by atoms with Crippen LogP contribution in [-0.2, 0) is 17.6 Å². The molecule has 0 spiro atoms. The summed E-state index contributed by atoms with van der Waals surface area (Å²) in [5, 5.41) is 16.4. The molecule has 1 aromatic rings. The van der Waals surface area contributed by atoms with Gasteiger partial charge in [-0.1, -0.05) is 13.3 Å². The van der Waals surface area contributed by atoms with Gasteiger partial charge in [-0.3, -0.25) is 4.79 Å². The summed E-state index contributed by atoms with van der Waals surface area (Å²) in [7, 11) is 0. The molecular formula is C16H21N3OS. The van der Waals surface area contributed by atoms with Crippen molar-refractivity contribution in [3.8, 4) is 6.07 Å². The van der Waals surface area contributed by atoms with Crippen molar-refractivity contribution in [2.45, 2.75) is 51.5 Å². The molecule has 3 rings (SSSR count). The number of thiophene rings is 1. The molecule has 4 nitrogen and oxygen atoms in total. The van der Waals surface area contributed by atoms with Crippen molar-refractivity contribution in [2.24, 2.45) is 5.92 Å². The second-order valence-electron chi connectivity index (χ2n) is 5.97. The lowest BCUT2D eigenvalue weighted by molar-refractivity contribution is -0.119. The van der Waals surface area contributed by atoms with Gasteiger partial charge in [0.05, 0.1) is 11.6 Å². The van der Waals surface area contributed by atoms with E-state index in [4.69, 9.17) is 0 Å². The highest BCUT2D eigenvalue weighted by Gasteiger charge is 2.28. The van der Waals surface area contributed by atoms with E-state index in [0.717, 1.165) is 50.1 Å². The maximum atomic E-state index is 12.4. The van der Waals surface area contributed by atoms with E-state index in [1.54, 1.807) is 11.3 Å². The van der Waals surface area contributed by atoms with Crippen molar-refractivity contribution in [1.82, 2.24) is 5.32 Å². The smallest absolute Gasteiger partial charge is 0.242 e. The summed E-state index contributed by atoms with van der Waals surface area (Å²) in [6.45, 7) is 3.09. The van der Waals surface area contributed by atoms with Gasteiger partial charge < -0.3 is 10.6 Å². The number of nitriles is 1. The van der Waals surface area contributed by atoms with Gasteiger partial charge in [0.15, 0.2) is 0 Å². The molecule has 0 bridgehead atoms. The summed E-state index contributed by atoms with van der Waals surface area (Å²) in [5.41, 5.74) is 1.87. The number of rotatable bonds is 3. The minimum Gasteiger partial charge on any atom is -0.315 e. The fraction of sp³-hybridized carbons (Fsp3) is 0.625. The molecule has 2 N–H and O–H groups in total. The second kappa shape index (κ2) is 6.17. The standard InChI is InChI=1S/C16H21N3OS/c1-2-10-6-7-18-13(8-10)15(20)19-16-12(9-17)11-4-3-5-14(11)21-16/h10,13,18H,2-8H2,1H3,(H,19,20). The van der Waals surface area contributed by atoms with Gasteiger partial charge in [-0.15, -0.1) is 11.3 Å². The Balaban J connectivity index is 1.72. The van der Waals surface area contributed by atoms with Crippen LogP contribution in [0.25, 0.3) is 0 Å². The number of piperidine rings is 1. The summed E-state index contributed by atoms with van der Waals surface area (Å²) >= 11 is 1.59. The summed E-state index contributed by atoms with van der Waals surface area (Å²) in [6, 6.07) is 2.16. The van der Waals surface area contributed by atoms with E-state index in [2.05, 4.69) is 23.6 Å². The van der Waals surface area contributed by atoms with Crippen LogP contribution in [0.4, 0.5) is 5.00 Å². The predicted molar refractivity (Wildman–Crippen MR) is 84.5 cm³/mol. The molecule has 0 aromatic carbocycles. The maximum Gasteiger partial charge on any atom is 0.242 e. The van der Waals surface area contributed by atoms with E-state index in [1.807, 2.05) is 0 Å². The molecule has 21 heavy (non-hydrogen) atoms. The topological polar surface area (TPSA) is 64.9 Å². The third kappa shape index (κ3) is 2.83. The molecule has 1 saturated heterocycles. The number of nitrogens with zero attached hydrogens (tertiary/aromatic N) is 1. The zero-order chi connectivity index (χ0) is 14.8. The summed E-state index contributed by atoms with van der Waals surface area (Å²) < 4.78 is 0. The molecular weight excluding hydrogens is 282 g/mol. The Kier molecular flexibility index (Phi) is 4.27. The van der Waals surface area contributed by atoms with Gasteiger partial charge in [0.25, 0.3) is 0 Å². The molecule has 2 aliphatic rings. The van der Waals surface area contributed by atoms with E-state index in [1.165, 1.54) is 10.4 Å². The molecule has 2 atom stereocenters. The van der Waals surface area contributed by atoms with E-state index in [9.17, 15) is 10.1 Å². The van der Waals surface area contributed by atoms with E-state index in [-0.39, 0.29) is 11.9 Å². The van der Waals surface area contributed by atoms with Crippen LogP contribution in [0.2, 0.25) is 0 Å². The van der Waals surface area contributed by atoms with Gasteiger partial charge in [0, 0.05) is 4.88 Å². The first kappa shape index (κ1) is 14.6. The minimum atomic E-state index is -0.118. The first-order valence-corrected chi connectivity index (χ1v) is 8.63. The zero-order valence-electron chi connectivity index (χ0n) is 12.4. The molecule has 0 saturated carbocycles. The molecule has 2 unspecified atom stereocenters. The highest BCUT2D eigenvalue weighted by Crippen LogP contribution is 2.38. The fourth-order valence-corrected chi connectivity index (χ4v) is 4.62. The van der Waals surface area contributed by atoms with Gasteiger partial charge in [-0.05, 0) is 50.1 Å². The number of amides is 1. The fourth-order valence-electron chi connectivity index (χ4n) is 3.38. The normalized spacial score (nSPS) is 24.4. The Labute approximate surface area is 129 Å². The van der Waals surface area contributed by atoms with Gasteiger partial charge in [-0.25, -0.2) is 0 Å². The van der Waals surface area contributed by atoms with Crippen LogP contribution < -0.4 is 10.6 Å². The average Bonchev–Trinajstić information content (AvgIpc) is 3.07. The third-order valence-corrected chi connectivity index (χ3v) is 5.88. The molecule has 1 fully saturated rings. The number of nitrogens with one attached hydrogen (secondary N) is 2. The number of anilines is 1. The van der Waals surface area contributed by atoms with Gasteiger partial charge in [0.1, 0.15) is 11.1 Å². The lowest BCUT2D eigenvalue weighted by atomic mass is 9.90. The Morgan fingerprint density at radius 2 is 2.38 bits per heavy atom. The Bertz CT molecular complexity index is 587. The lowest BCUT2D eigenvalue weighted by Gasteiger charge is -2.28. The SMILES string of the molecule is CCC1CCNC(C(=O)Nc2sc3c(c2C#N)CCC3)C1. The van der Waals surface area contributed by atoms with Gasteiger partial charge in [0.2, 0.25) is 5.91 Å². The van der Waals surface area contributed by atoms with E-state index in [0.29, 0.717) is 11.5 Å². The van der Waals surface area contributed by atoms with Crippen LogP contribution in [-0.4, -0.2) is 18.5 Å². The summed E-state index contributed by atoms with van der Waals surface area (Å²) in [6.07, 6.45) is 6.33. The van der Waals surface area contributed by atoms with Crippen molar-refractivity contribution in [2.75, 3.05) is 11.9 Å². The molecule has 1 amide bonds. The van der Waals surface area contributed by atoms with Crippen LogP contribution in [0, 0.1) is 17.2 Å². The maximum absolute atomic E-state index is 12.4. The van der Waals surface area contributed by atoms with Crippen LogP contribution >= 0.6 is 11.3 Å². The summed E-state index contributed by atoms with van der Waals surface area (Å²) in [5.74, 6) is 0.648. The number of hydrogen-bond donors (Lipinski definition) is 2. The monoisotopic (exact) mass is 303 g/mol. The largest absolute Gasteiger partial charge is 0.315 e. The average molecular weight is 303 g/mol. The van der Waals surface area contributed by atoms with Gasteiger partial charge >= 0.3 is 0 Å². The zero-order valence-corrected chi connectivity index (χ0v) is 13.2. The molecule has 1 aliphatic carbocycles. The predicted octanol–water partition coefficient (Wildman–Crippen LogP) is 2.83. The van der Waals surface area contributed by atoms with Crippen LogP contribution in [0.5, 0.6) is 0 Å². The first-order chi connectivity index (χ1) is 10.2. The van der Waals surface area contributed by atoms with Crippen molar-refractivity contribution in [3.05, 3.63) is 16.0 Å². The van der Waals surface area contributed by atoms with Crippen LogP contribution in [0.3, 0.4) is 0 Å². The number of carbonyl (C=O) groups is 1. The van der Waals surface area contributed by atoms with E-state index >= 15 is 0 Å². The number of hydrogen-bond acceptors (Lipinski definition) is 4. The Hall–Kier alpha value is -1.38. The van der Waals surface area contributed by atoms with Crippen LogP contribution in [0.15, 0.2) is 0 Å². The first-order valence-electron chi connectivity index (χ1n) is 7.81. The Morgan fingerprint density at radius 3 is 3.14 bits per heavy atom. The van der Waals surface area contributed by atoms with Crippen LogP contribution in [0.1, 0.15) is 48.6 Å². The molecule has 1 aromatic heterocycles. The molecule has 112 valence electrons. The minimum absolute atomic E-state index is 0.0181. The second-order valence-corrected chi connectivity index (χ2v) is 7.07. The molecule has 5 heteroatoms. The lowest BCUT2D eigenvalue weighted by Crippen LogP contribution is -2.46. The van der Waals surface area contributed by atoms with Crippen molar-refractivity contribution >= 4 is 22.2 Å². The van der Waals surface area contributed by atoms with Crippen molar-refractivity contribution in [1.29, 1.82) is 5.26 Å². The molecule has 2 heterocycles. The Morgan fingerprint density at radius 1 is 1.52 bits per heavy atom. The number of fused-ring (bicyclic) bond motifs is 1. The number of aryl methyl sites for hydroxylation is 1. The van der Waals surface area contributed by atoms with E-state index < -0.39 is 0 Å². The van der Waals surface area contributed by atoms with Gasteiger partial charge in [-0.2, -0.15) is 5.26 Å². The molecule has 1 aliphatic heterocycles. The quantitative estimate of drug-likeness (QED) is 0.902. The van der Waals surface area contributed by atoms with Crippen molar-refractivity contribution < 1.29 is 4.79 Å². The van der Waals surface area contributed by atoms with Crippen molar-refractivity contribution in [3.63, 3.8) is 0 Å². The third-order valence-electron chi connectivity index (χ3n) is 4.68. The highest BCUT2D eigenvalue weighted by molar-refractivity contribution is 7.16. The highest BCUT2D eigenvalue weighted by atomic mass is 32.1. The number of carbonyl (C=O) groups excluding carboxylic acids is 1. The molecule has 0 radical (unpaired) electrons.